The van der Waals surface area contributed by atoms with Crippen molar-refractivity contribution < 1.29 is 14.4 Å². The summed E-state index contributed by atoms with van der Waals surface area (Å²) in [5, 5.41) is 9.54. The maximum absolute atomic E-state index is 4.86. The summed E-state index contributed by atoms with van der Waals surface area (Å²) in [7, 11) is 9.72. The van der Waals surface area contributed by atoms with Crippen LogP contribution >= 0.6 is 19.7 Å². The van der Waals surface area contributed by atoms with Gasteiger partial charge < -0.3 is 10.6 Å². The minimum absolute atomic E-state index is 0.368. The Labute approximate surface area is 189 Å². The number of para-hydroxylation sites is 2. The van der Waals surface area contributed by atoms with Gasteiger partial charge in [-0.15, -0.1) is 11.4 Å². The molecule has 0 radical (unpaired) electrons. The number of pyridine rings is 1. The molecule has 0 aliphatic heterocycles. The van der Waals surface area contributed by atoms with E-state index in [1.165, 1.54) is 22.3 Å². The van der Waals surface area contributed by atoms with Crippen LogP contribution < -0.4 is 0 Å². The average molecular weight is 465 g/mol. The van der Waals surface area contributed by atoms with E-state index in [1.807, 2.05) is 18.2 Å². The van der Waals surface area contributed by atoms with Gasteiger partial charge in [0.05, 0.1) is 0 Å². The molecule has 1 heterocycles. The monoisotopic (exact) mass is 464 g/mol. The Morgan fingerprint density at radius 1 is 0.655 bits per heavy atom. The van der Waals surface area contributed by atoms with Gasteiger partial charge in [-0.1, -0.05) is 77.8 Å². The SMILES string of the molecule is Cc1cccc(C)c1[N-]Cc1cccc(C[N-]c2c(C)cccc2C)n1.[Cl][V][Cl]. The first-order valence-electron chi connectivity index (χ1n) is 9.30. The third kappa shape index (κ3) is 7.27. The summed E-state index contributed by atoms with van der Waals surface area (Å²) < 4.78 is 0. The minimum atomic E-state index is -0.368. The van der Waals surface area contributed by atoms with Gasteiger partial charge in [0.25, 0.3) is 0 Å². The molecule has 3 aromatic rings. The van der Waals surface area contributed by atoms with E-state index in [0.29, 0.717) is 13.1 Å². The molecule has 0 saturated heterocycles. The average Bonchev–Trinajstić information content (AvgIpc) is 2.68. The van der Waals surface area contributed by atoms with Crippen molar-refractivity contribution in [2.75, 3.05) is 0 Å². The van der Waals surface area contributed by atoms with Crippen LogP contribution in [0.2, 0.25) is 0 Å². The van der Waals surface area contributed by atoms with Crippen LogP contribution in [0.1, 0.15) is 33.6 Å². The number of rotatable bonds is 6. The second-order valence-corrected chi connectivity index (χ2v) is 9.10. The molecule has 3 rings (SSSR count). The molecule has 153 valence electrons. The Kier molecular flexibility index (Phi) is 9.89. The van der Waals surface area contributed by atoms with E-state index in [0.717, 1.165) is 22.8 Å². The van der Waals surface area contributed by atoms with E-state index in [-0.39, 0.29) is 14.4 Å². The molecular weight excluding hydrogens is 440 g/mol. The van der Waals surface area contributed by atoms with E-state index in [9.17, 15) is 0 Å². The van der Waals surface area contributed by atoms with Crippen molar-refractivity contribution in [2.24, 2.45) is 0 Å². The molecule has 0 N–H and O–H groups in total. The van der Waals surface area contributed by atoms with Gasteiger partial charge in [0, 0.05) is 11.4 Å². The quantitative estimate of drug-likeness (QED) is 0.363. The Bertz CT molecular complexity index is 820. The molecule has 0 atom stereocenters. The predicted octanol–water partition coefficient (Wildman–Crippen LogP) is 8.10. The Hall–Kier alpha value is -1.65. The van der Waals surface area contributed by atoms with Crippen LogP contribution in [0.3, 0.4) is 0 Å². The van der Waals surface area contributed by atoms with E-state index in [1.54, 1.807) is 0 Å². The molecule has 0 saturated carbocycles. The fraction of sp³-hybridized carbons (Fsp3) is 0.261. The first-order chi connectivity index (χ1) is 14.0. The Morgan fingerprint density at radius 2 is 0.966 bits per heavy atom. The van der Waals surface area contributed by atoms with Gasteiger partial charge in [-0.25, -0.2) is 0 Å². The summed E-state index contributed by atoms with van der Waals surface area (Å²) >= 11 is -0.368. The van der Waals surface area contributed by atoms with Gasteiger partial charge in [0.15, 0.2) is 0 Å². The molecular formula is C23H25Cl2N3V-2. The number of aromatic nitrogens is 1. The summed E-state index contributed by atoms with van der Waals surface area (Å²) in [5.41, 5.74) is 8.89. The molecule has 0 aliphatic carbocycles. The molecule has 0 unspecified atom stereocenters. The van der Waals surface area contributed by atoms with Gasteiger partial charge in [-0.2, -0.15) is 0 Å². The number of nitrogens with zero attached hydrogens (tertiary/aromatic N) is 3. The topological polar surface area (TPSA) is 41.1 Å². The second-order valence-electron chi connectivity index (χ2n) is 6.80. The summed E-state index contributed by atoms with van der Waals surface area (Å²) in [6, 6.07) is 18.6. The van der Waals surface area contributed by atoms with Gasteiger partial charge in [-0.05, 0) is 39.8 Å². The molecule has 0 fully saturated rings. The third-order valence-corrected chi connectivity index (χ3v) is 4.54. The molecule has 29 heavy (non-hydrogen) atoms. The summed E-state index contributed by atoms with van der Waals surface area (Å²) in [5.74, 6) is 0. The molecule has 0 aliphatic rings. The standard InChI is InChI=1S/C23H25N3.2ClH.V/c1-16-8-5-9-17(2)22(16)24-14-20-12-7-13-21(26-20)15-25-23-18(3)10-6-11-19(23)4;;;/h5-13H,14-15H2,1-4H3;2*1H;/q-2;;;+2/p-2. The van der Waals surface area contributed by atoms with Crippen LogP contribution in [-0.4, -0.2) is 4.98 Å². The van der Waals surface area contributed by atoms with Crippen LogP contribution in [0.25, 0.3) is 10.6 Å². The molecule has 0 amide bonds. The summed E-state index contributed by atoms with van der Waals surface area (Å²) in [6.45, 7) is 9.56. The van der Waals surface area contributed by atoms with Gasteiger partial charge in [0.2, 0.25) is 0 Å². The van der Waals surface area contributed by atoms with Crippen molar-refractivity contribution in [3.63, 3.8) is 0 Å². The number of hydrogen-bond donors (Lipinski definition) is 0. The fourth-order valence-electron chi connectivity index (χ4n) is 3.14. The fourth-order valence-corrected chi connectivity index (χ4v) is 3.14. The maximum atomic E-state index is 4.86. The summed E-state index contributed by atoms with van der Waals surface area (Å²) in [4.78, 5) is 4.73. The van der Waals surface area contributed by atoms with Gasteiger partial charge in [0.1, 0.15) is 0 Å². The van der Waals surface area contributed by atoms with Crippen molar-refractivity contribution in [3.8, 4) is 0 Å². The van der Waals surface area contributed by atoms with Crippen LogP contribution in [0, 0.1) is 27.7 Å². The number of halogens is 2. The number of benzene rings is 2. The van der Waals surface area contributed by atoms with Crippen molar-refractivity contribution in [2.45, 2.75) is 40.8 Å². The number of aryl methyl sites for hydroxylation is 4. The molecule has 0 bridgehead atoms. The zero-order valence-corrected chi connectivity index (χ0v) is 20.1. The van der Waals surface area contributed by atoms with Crippen molar-refractivity contribution in [1.29, 1.82) is 0 Å². The zero-order chi connectivity index (χ0) is 21.2. The van der Waals surface area contributed by atoms with Gasteiger partial charge >= 0.3 is 34.1 Å². The van der Waals surface area contributed by atoms with Crippen molar-refractivity contribution in [1.82, 2.24) is 4.98 Å². The molecule has 1 aromatic heterocycles. The second kappa shape index (κ2) is 12.1. The molecule has 2 aromatic carbocycles. The van der Waals surface area contributed by atoms with Gasteiger partial charge in [-0.3, -0.25) is 4.98 Å². The normalized spacial score (nSPS) is 10.0. The Balaban J connectivity index is 0.000000941. The number of hydrogen-bond acceptors (Lipinski definition) is 1. The van der Waals surface area contributed by atoms with Crippen LogP contribution in [0.5, 0.6) is 0 Å². The first-order valence-corrected chi connectivity index (χ1v) is 13.1. The van der Waals surface area contributed by atoms with E-state index in [2.05, 4.69) is 64.1 Å². The predicted molar refractivity (Wildman–Crippen MR) is 121 cm³/mol. The van der Waals surface area contributed by atoms with E-state index < -0.39 is 0 Å². The van der Waals surface area contributed by atoms with Crippen LogP contribution in [0.4, 0.5) is 11.4 Å². The third-order valence-electron chi connectivity index (χ3n) is 4.54. The van der Waals surface area contributed by atoms with E-state index in [4.69, 9.17) is 35.3 Å². The first kappa shape index (κ1) is 23.6. The summed E-state index contributed by atoms with van der Waals surface area (Å²) in [6.07, 6.45) is 0. The molecule has 3 nitrogen and oxygen atoms in total. The van der Waals surface area contributed by atoms with Crippen LogP contribution in [0.15, 0.2) is 54.6 Å². The molecule has 0 spiro atoms. The Morgan fingerprint density at radius 3 is 1.31 bits per heavy atom. The van der Waals surface area contributed by atoms with Crippen molar-refractivity contribution in [3.05, 3.63) is 98.9 Å². The van der Waals surface area contributed by atoms with Crippen LogP contribution in [-0.2, 0) is 27.5 Å². The zero-order valence-electron chi connectivity index (χ0n) is 17.2. The van der Waals surface area contributed by atoms with Crippen molar-refractivity contribution >= 4 is 31.1 Å². The molecule has 6 heteroatoms. The van der Waals surface area contributed by atoms with E-state index >= 15 is 0 Å².